The molecule has 20 nitrogen and oxygen atoms in total. The van der Waals surface area contributed by atoms with Gasteiger partial charge in [-0.15, -0.1) is 10.2 Å². The van der Waals surface area contributed by atoms with Crippen LogP contribution in [0.3, 0.4) is 0 Å². The van der Waals surface area contributed by atoms with Crippen molar-refractivity contribution in [3.05, 3.63) is 64.5 Å². The van der Waals surface area contributed by atoms with Crippen molar-refractivity contribution in [3.63, 3.8) is 0 Å². The van der Waals surface area contributed by atoms with Crippen molar-refractivity contribution in [2.24, 2.45) is 20.5 Å². The van der Waals surface area contributed by atoms with E-state index < -0.39 is 34.3 Å². The van der Waals surface area contributed by atoms with Crippen LogP contribution in [0, 0.1) is 45.3 Å². The Morgan fingerprint density at radius 3 is 1.67 bits per heavy atom. The summed E-state index contributed by atoms with van der Waals surface area (Å²) in [5.41, 5.74) is -2.77. The number of aromatic hydroxyl groups is 2. The smallest absolute Gasteiger partial charge is 0.562 e. The molecule has 1 radical (unpaired) electrons. The van der Waals surface area contributed by atoms with E-state index in [-0.39, 0.29) is 90.8 Å². The van der Waals surface area contributed by atoms with Crippen molar-refractivity contribution in [3.8, 4) is 23.9 Å². The van der Waals surface area contributed by atoms with Crippen molar-refractivity contribution in [1.29, 1.82) is 10.5 Å². The van der Waals surface area contributed by atoms with Crippen LogP contribution in [0.4, 0.5) is 34.9 Å². The molecule has 0 amide bonds. The second-order valence-corrected chi connectivity index (χ2v) is 7.27. The Kier molecular flexibility index (Phi) is 13.0. The molecule has 205 valence electrons. The van der Waals surface area contributed by atoms with Crippen LogP contribution >= 0.6 is 24.4 Å². The van der Waals surface area contributed by atoms with E-state index in [1.165, 1.54) is 0 Å². The molecular formula is C18H6CoN16NaO4S2-. The number of rotatable bonds is 4. The molecule has 4 aromatic heterocycles. The van der Waals surface area contributed by atoms with Crippen LogP contribution in [-0.2, 0) is 16.8 Å². The Bertz CT molecular complexity index is 1880. The van der Waals surface area contributed by atoms with E-state index in [1.54, 1.807) is 12.1 Å². The molecule has 0 aliphatic heterocycles. The fraction of sp³-hybridized carbons (Fsp3) is 0. The maximum absolute atomic E-state index is 11.5. The summed E-state index contributed by atoms with van der Waals surface area (Å²) >= 11 is 9.28. The van der Waals surface area contributed by atoms with Crippen LogP contribution in [0.5, 0.6) is 11.8 Å². The van der Waals surface area contributed by atoms with Gasteiger partial charge in [0.25, 0.3) is 11.1 Å². The molecule has 4 rings (SSSR count). The average molecular weight is 656 g/mol. The SMILES string of the molecule is N#Cc1nc(N=Nc2c(O)[nH]c(=S)[nH]c2=O)[n-]c1C#N.[C-]#[N+]c1nc(N=Nc2c(O)[nH]c(=S)[nH]c2=O)[n-]c1[N+]#[C-].[Co].[Na+]. The van der Waals surface area contributed by atoms with Gasteiger partial charge in [0.2, 0.25) is 23.4 Å². The second kappa shape index (κ2) is 15.6. The number of nitrogens with zero attached hydrogens (tertiary/aromatic N) is 12. The zero-order chi connectivity index (χ0) is 29.4. The molecule has 0 saturated carbocycles. The molecule has 24 heteroatoms. The first-order valence-electron chi connectivity index (χ1n) is 9.69. The predicted octanol–water partition coefficient (Wildman–Crippen LogP) is -0.342. The molecule has 0 aliphatic rings. The van der Waals surface area contributed by atoms with E-state index in [0.717, 1.165) is 0 Å². The topological polar surface area (TPSA) is 297 Å². The molecule has 42 heavy (non-hydrogen) atoms. The third-order valence-corrected chi connectivity index (χ3v) is 4.37. The van der Waals surface area contributed by atoms with Gasteiger partial charge in [-0.1, -0.05) is 6.57 Å². The standard InChI is InChI=1S/2C9H4N8O2S.Co.Na/c1-10-4-5(11-2)13-8(12-4)17-16-3-6(18)14-9(20)15-7(3)19;10-1-3-4(2-11)13-8(12-3)17-16-5-6(18)14-9(20)15-7(5)19;;/h2*(H4,12,13,14,15,16,17,18,19,20);;/q;;;+1/p-2. The van der Waals surface area contributed by atoms with Gasteiger partial charge in [0.15, 0.2) is 15.2 Å². The number of nitrogens with one attached hydrogen (secondary N) is 4. The number of hydrogen-bond donors (Lipinski definition) is 6. The summed E-state index contributed by atoms with van der Waals surface area (Å²) in [5, 5.41) is 50.2. The van der Waals surface area contributed by atoms with Gasteiger partial charge in [-0.3, -0.25) is 34.6 Å². The fourth-order valence-corrected chi connectivity index (χ4v) is 2.73. The van der Waals surface area contributed by atoms with Gasteiger partial charge in [-0.05, 0) is 24.4 Å². The van der Waals surface area contributed by atoms with E-state index in [4.69, 9.17) is 23.7 Å². The van der Waals surface area contributed by atoms with E-state index in [1.807, 2.05) is 0 Å². The first kappa shape index (κ1) is 34.9. The summed E-state index contributed by atoms with van der Waals surface area (Å²) in [7, 11) is 0. The molecule has 6 N–H and O–H groups in total. The minimum Gasteiger partial charge on any atom is -0.562 e. The third kappa shape index (κ3) is 8.44. The molecular weight excluding hydrogens is 650 g/mol. The van der Waals surface area contributed by atoms with Gasteiger partial charge in [-0.25, -0.2) is 11.7 Å². The van der Waals surface area contributed by atoms with Crippen molar-refractivity contribution in [2.75, 3.05) is 0 Å². The monoisotopic (exact) mass is 656 g/mol. The first-order chi connectivity index (χ1) is 19.1. The zero-order valence-corrected chi connectivity index (χ0v) is 24.9. The van der Waals surface area contributed by atoms with E-state index in [2.05, 4.69) is 94.5 Å². The van der Waals surface area contributed by atoms with Crippen molar-refractivity contribution >= 4 is 59.3 Å². The van der Waals surface area contributed by atoms with Gasteiger partial charge in [0.1, 0.15) is 18.0 Å². The maximum Gasteiger partial charge on any atom is 1.00 e. The molecule has 4 heterocycles. The molecule has 0 fully saturated rings. The Labute approximate surface area is 273 Å². The number of aromatic amines is 4. The Morgan fingerprint density at radius 1 is 0.810 bits per heavy atom. The number of azo groups is 2. The quantitative estimate of drug-likeness (QED) is 0.0711. The maximum atomic E-state index is 11.5. The van der Waals surface area contributed by atoms with Crippen LogP contribution < -0.4 is 50.6 Å². The molecule has 0 atom stereocenters. The summed E-state index contributed by atoms with van der Waals surface area (Å²) < 4.78 is -0.142. The normalized spacial score (nSPS) is 9.81. The van der Waals surface area contributed by atoms with Crippen LogP contribution in [0.15, 0.2) is 30.0 Å². The van der Waals surface area contributed by atoms with Gasteiger partial charge >= 0.3 is 29.6 Å². The zero-order valence-electron chi connectivity index (χ0n) is 20.2. The number of imidazole rings is 2. The van der Waals surface area contributed by atoms with E-state index in [0.29, 0.717) is 0 Å². The second-order valence-electron chi connectivity index (χ2n) is 6.45. The molecule has 0 spiro atoms. The van der Waals surface area contributed by atoms with Crippen LogP contribution in [0.25, 0.3) is 9.69 Å². The largest absolute Gasteiger partial charge is 1.00 e. The van der Waals surface area contributed by atoms with Gasteiger partial charge < -0.3 is 39.8 Å². The minimum absolute atomic E-state index is 0. The summed E-state index contributed by atoms with van der Waals surface area (Å²) in [6, 6.07) is 3.32. The Morgan fingerprint density at radius 2 is 1.31 bits per heavy atom. The van der Waals surface area contributed by atoms with E-state index in [9.17, 15) is 19.8 Å². The predicted molar refractivity (Wildman–Crippen MR) is 133 cm³/mol. The summed E-state index contributed by atoms with van der Waals surface area (Å²) in [5.74, 6) is -2.10. The minimum atomic E-state index is -0.762. The van der Waals surface area contributed by atoms with Gasteiger partial charge in [-0.2, -0.15) is 10.5 Å². The van der Waals surface area contributed by atoms with Crippen LogP contribution in [0.2, 0.25) is 0 Å². The van der Waals surface area contributed by atoms with Crippen molar-refractivity contribution in [1.82, 2.24) is 39.9 Å². The fourth-order valence-electron chi connectivity index (χ4n) is 2.35. The Balaban J connectivity index is 0.000000401. The van der Waals surface area contributed by atoms with Crippen molar-refractivity contribution < 1.29 is 56.5 Å². The molecule has 0 bridgehead atoms. The Hall–Kier alpha value is -5.11. The number of nitriles is 2. The summed E-state index contributed by atoms with van der Waals surface area (Å²) in [6.45, 7) is 13.6. The van der Waals surface area contributed by atoms with Crippen molar-refractivity contribution in [2.45, 2.75) is 0 Å². The van der Waals surface area contributed by atoms with Crippen LogP contribution in [-0.4, -0.2) is 40.1 Å². The summed E-state index contributed by atoms with van der Waals surface area (Å²) in [6.07, 6.45) is 0. The number of H-pyrrole nitrogens is 4. The van der Waals surface area contributed by atoms with Gasteiger partial charge in [0.05, 0.1) is 17.2 Å². The number of hydrogen-bond acceptors (Lipinski definition) is 14. The molecule has 0 saturated heterocycles. The summed E-state index contributed by atoms with van der Waals surface area (Å²) in [4.78, 5) is 52.3. The number of aromatic nitrogens is 8. The average Bonchev–Trinajstić information content (AvgIpc) is 3.50. The molecule has 0 unspecified atom stereocenters. The molecule has 0 aliphatic carbocycles. The van der Waals surface area contributed by atoms with Gasteiger partial charge in [0, 0.05) is 22.7 Å². The molecule has 4 aromatic rings. The molecule has 0 aromatic carbocycles. The van der Waals surface area contributed by atoms with Crippen LogP contribution in [0.1, 0.15) is 11.4 Å². The van der Waals surface area contributed by atoms with E-state index >= 15 is 0 Å². The third-order valence-electron chi connectivity index (χ3n) is 3.96. The first-order valence-corrected chi connectivity index (χ1v) is 10.5.